The molecule has 1 N–H and O–H groups in total. The number of likely N-dealkylation sites (N-methyl/N-ethyl adjacent to an activating group) is 1. The van der Waals surface area contributed by atoms with Crippen LogP contribution in [0.25, 0.3) is 33.7 Å². The van der Waals surface area contributed by atoms with E-state index in [-0.39, 0.29) is 30.9 Å². The van der Waals surface area contributed by atoms with Crippen LogP contribution in [-0.4, -0.2) is 97.7 Å². The van der Waals surface area contributed by atoms with Crippen LogP contribution >= 0.6 is 0 Å². The van der Waals surface area contributed by atoms with Crippen LogP contribution in [0.4, 0.5) is 14.6 Å². The van der Waals surface area contributed by atoms with E-state index in [0.717, 1.165) is 24.8 Å². The summed E-state index contributed by atoms with van der Waals surface area (Å²) < 4.78 is 45.0. The Bertz CT molecular complexity index is 2180. The number of pyridine rings is 1. The van der Waals surface area contributed by atoms with Gasteiger partial charge >= 0.3 is 0 Å². The minimum absolute atomic E-state index is 0.221. The molecule has 1 saturated heterocycles. The van der Waals surface area contributed by atoms with Crippen molar-refractivity contribution in [1.82, 2.24) is 33.9 Å². The molecular formula is C38H40F2N8O4. The van der Waals surface area contributed by atoms with Crippen molar-refractivity contribution in [1.29, 1.82) is 0 Å². The molecule has 4 bridgehead atoms. The van der Waals surface area contributed by atoms with E-state index >= 15 is 0 Å². The Labute approximate surface area is 299 Å². The van der Waals surface area contributed by atoms with Gasteiger partial charge in [-0.1, -0.05) is 6.07 Å². The second kappa shape index (κ2) is 13.6. The van der Waals surface area contributed by atoms with Gasteiger partial charge in [-0.25, -0.2) is 23.7 Å². The van der Waals surface area contributed by atoms with Crippen molar-refractivity contribution in [2.75, 3.05) is 39.2 Å². The van der Waals surface area contributed by atoms with E-state index in [4.69, 9.17) is 14.5 Å². The summed E-state index contributed by atoms with van der Waals surface area (Å²) in [4.78, 5) is 46.5. The number of nitrogens with zero attached hydrogens (tertiary/aromatic N) is 7. The molecule has 270 valence electrons. The number of imidazole rings is 2. The first-order valence-electron chi connectivity index (χ1n) is 17.7. The molecule has 3 aliphatic heterocycles. The molecule has 0 aliphatic carbocycles. The number of aryl methyl sites for hydroxylation is 1. The highest BCUT2D eigenvalue weighted by Crippen LogP contribution is 2.35. The van der Waals surface area contributed by atoms with Crippen molar-refractivity contribution in [2.24, 2.45) is 0 Å². The first-order chi connectivity index (χ1) is 25.2. The molecule has 2 aromatic carbocycles. The molecule has 0 saturated carbocycles. The molecular weight excluding hydrogens is 670 g/mol. The summed E-state index contributed by atoms with van der Waals surface area (Å²) in [6.07, 6.45) is 3.86. The number of carbonyl (C=O) groups is 2. The highest BCUT2D eigenvalue weighted by atomic mass is 19.1. The number of benzene rings is 2. The number of hydrogen-bond donors (Lipinski definition) is 1. The van der Waals surface area contributed by atoms with Crippen molar-refractivity contribution in [3.05, 3.63) is 77.9 Å². The Hall–Kier alpha value is -5.37. The van der Waals surface area contributed by atoms with Crippen molar-refractivity contribution in [3.63, 3.8) is 0 Å². The number of hydrogen-bond acceptors (Lipinski definition) is 8. The minimum atomic E-state index is -0.788. The monoisotopic (exact) mass is 710 g/mol. The smallest absolute Gasteiger partial charge is 0.272 e. The molecule has 0 radical (unpaired) electrons. The van der Waals surface area contributed by atoms with Crippen molar-refractivity contribution in [3.8, 4) is 28.4 Å². The summed E-state index contributed by atoms with van der Waals surface area (Å²) >= 11 is 0. The lowest BCUT2D eigenvalue weighted by atomic mass is 10.1. The van der Waals surface area contributed by atoms with E-state index in [2.05, 4.69) is 15.3 Å². The normalized spacial score (nSPS) is 20.7. The van der Waals surface area contributed by atoms with Crippen molar-refractivity contribution in [2.45, 2.75) is 63.9 Å². The highest BCUT2D eigenvalue weighted by Gasteiger charge is 2.43. The SMILES string of the molecule is CO[C@H]1CN(C)C(=O)[C@@H]2C[C@@H](CN2C(=O)c2cnc3n2CCCCCOc2cc(F)ccc2-3)Nc2cccc(n2)-c2cc(F)cc3nc(C)n(c23)C1. The molecule has 8 rings (SSSR count). The summed E-state index contributed by atoms with van der Waals surface area (Å²) in [5, 5.41) is 3.46. The number of aromatic nitrogens is 5. The van der Waals surface area contributed by atoms with Gasteiger partial charge < -0.3 is 33.7 Å². The van der Waals surface area contributed by atoms with Crippen molar-refractivity contribution < 1.29 is 27.8 Å². The molecule has 12 nitrogen and oxygen atoms in total. The maximum atomic E-state index is 15.0. The number of methoxy groups -OCH3 is 1. The predicted octanol–water partition coefficient (Wildman–Crippen LogP) is 5.29. The minimum Gasteiger partial charge on any atom is -0.493 e. The zero-order valence-electron chi connectivity index (χ0n) is 29.3. The standard InChI is InChI=1S/C38H40F2N8O4/c1-22-42-30-15-24(40)14-28-29-8-7-9-34(44-29)43-25-17-31(37(49)45(2)20-26(51-3)21-47(22)35(28)30)48(19-25)38(50)32-18-41-36-27-11-10-23(39)16-33(27)52-13-6-4-5-12-46(32)36/h7-11,14-16,18,25-26,31H,4-6,12-13,17,19-21H2,1-3H3,(H,43,44)/t25-,26-,31-/m0/s1. The third-order valence-corrected chi connectivity index (χ3v) is 10.3. The number of halogens is 2. The van der Waals surface area contributed by atoms with Crippen LogP contribution in [0.1, 0.15) is 42.0 Å². The predicted molar refractivity (Wildman–Crippen MR) is 190 cm³/mol. The summed E-state index contributed by atoms with van der Waals surface area (Å²) in [6.45, 7) is 3.65. The second-order valence-corrected chi connectivity index (χ2v) is 13.8. The van der Waals surface area contributed by atoms with E-state index in [0.29, 0.717) is 77.4 Å². The Kier molecular flexibility index (Phi) is 8.85. The summed E-state index contributed by atoms with van der Waals surface area (Å²) in [5.74, 6) is 0.700. The molecule has 14 heteroatoms. The molecule has 0 spiro atoms. The fraction of sp³-hybridized carbons (Fsp3) is 0.395. The van der Waals surface area contributed by atoms with Gasteiger partial charge in [-0.3, -0.25) is 9.59 Å². The lowest BCUT2D eigenvalue weighted by molar-refractivity contribution is -0.135. The van der Waals surface area contributed by atoms with Crippen LogP contribution in [0.15, 0.2) is 54.7 Å². The zero-order chi connectivity index (χ0) is 36.1. The lowest BCUT2D eigenvalue weighted by Crippen LogP contribution is -2.49. The first-order valence-corrected chi connectivity index (χ1v) is 17.7. The molecule has 2 amide bonds. The maximum Gasteiger partial charge on any atom is 0.272 e. The molecule has 0 unspecified atom stereocenters. The Morgan fingerprint density at radius 3 is 2.69 bits per heavy atom. The Morgan fingerprint density at radius 1 is 0.981 bits per heavy atom. The quantitative estimate of drug-likeness (QED) is 0.263. The number of ether oxygens (including phenoxy) is 2. The molecule has 6 heterocycles. The van der Waals surface area contributed by atoms with Crippen molar-refractivity contribution >= 4 is 28.7 Å². The topological polar surface area (TPSA) is 120 Å². The third kappa shape index (κ3) is 6.14. The number of fused-ring (bicyclic) bond motifs is 8. The first kappa shape index (κ1) is 33.8. The fourth-order valence-corrected chi connectivity index (χ4v) is 7.77. The second-order valence-electron chi connectivity index (χ2n) is 13.8. The fourth-order valence-electron chi connectivity index (χ4n) is 7.77. The summed E-state index contributed by atoms with van der Waals surface area (Å²) in [7, 11) is 3.31. The van der Waals surface area contributed by atoms with Crippen LogP contribution in [0.3, 0.4) is 0 Å². The third-order valence-electron chi connectivity index (χ3n) is 10.3. The van der Waals surface area contributed by atoms with Gasteiger partial charge in [0.25, 0.3) is 5.91 Å². The summed E-state index contributed by atoms with van der Waals surface area (Å²) in [6, 6.07) is 11.6. The van der Waals surface area contributed by atoms with E-state index in [1.54, 1.807) is 30.0 Å². The Balaban J connectivity index is 1.18. The number of likely N-dealkylation sites (tertiary alicyclic amines) is 1. The van der Waals surface area contributed by atoms with Gasteiger partial charge in [-0.15, -0.1) is 0 Å². The van der Waals surface area contributed by atoms with Gasteiger partial charge in [0.1, 0.15) is 46.6 Å². The van der Waals surface area contributed by atoms with E-state index < -0.39 is 23.8 Å². The average Bonchev–Trinajstić information content (AvgIpc) is 3.83. The molecule has 52 heavy (non-hydrogen) atoms. The summed E-state index contributed by atoms with van der Waals surface area (Å²) in [5.41, 5.74) is 3.33. The van der Waals surface area contributed by atoms with Gasteiger partial charge in [0.05, 0.1) is 47.7 Å². The van der Waals surface area contributed by atoms with Gasteiger partial charge in [0, 0.05) is 57.5 Å². The Morgan fingerprint density at radius 2 is 1.85 bits per heavy atom. The van der Waals surface area contributed by atoms with Gasteiger partial charge in [0.15, 0.2) is 0 Å². The van der Waals surface area contributed by atoms with E-state index in [1.807, 2.05) is 34.3 Å². The molecule has 5 aromatic rings. The molecule has 3 aromatic heterocycles. The zero-order valence-corrected chi connectivity index (χ0v) is 29.3. The number of anilines is 1. The lowest BCUT2D eigenvalue weighted by Gasteiger charge is -2.30. The number of amides is 2. The van der Waals surface area contributed by atoms with Crippen LogP contribution in [-0.2, 0) is 22.6 Å². The van der Waals surface area contributed by atoms with Gasteiger partial charge in [-0.05, 0) is 62.9 Å². The average molecular weight is 711 g/mol. The molecule has 1 fully saturated rings. The highest BCUT2D eigenvalue weighted by molar-refractivity contribution is 5.97. The van der Waals surface area contributed by atoms with Crippen LogP contribution in [0, 0.1) is 18.6 Å². The van der Waals surface area contributed by atoms with E-state index in [9.17, 15) is 18.4 Å². The van der Waals surface area contributed by atoms with Gasteiger partial charge in [-0.2, -0.15) is 0 Å². The van der Waals surface area contributed by atoms with Crippen LogP contribution < -0.4 is 10.1 Å². The molecule has 3 atom stereocenters. The maximum absolute atomic E-state index is 15.0. The van der Waals surface area contributed by atoms with E-state index in [1.165, 1.54) is 30.5 Å². The van der Waals surface area contributed by atoms with Crippen LogP contribution in [0.5, 0.6) is 5.75 Å². The number of nitrogens with one attached hydrogen (secondary N) is 1. The number of rotatable bonds is 2. The largest absolute Gasteiger partial charge is 0.493 e. The van der Waals surface area contributed by atoms with Gasteiger partial charge in [0.2, 0.25) is 5.91 Å². The molecule has 3 aliphatic rings. The number of carbonyl (C=O) groups excluding carboxylic acids is 2. The van der Waals surface area contributed by atoms with Crippen LogP contribution in [0.2, 0.25) is 0 Å².